The highest BCUT2D eigenvalue weighted by Crippen LogP contribution is 2.31. The minimum Gasteiger partial charge on any atom is -0.423 e. The maximum Gasteiger partial charge on any atom is 0.343 e. The van der Waals surface area contributed by atoms with Crippen molar-refractivity contribution >= 4 is 16.9 Å². The Morgan fingerprint density at radius 3 is 1.64 bits per heavy atom. The fourth-order valence-electron chi connectivity index (χ4n) is 2.93. The van der Waals surface area contributed by atoms with Crippen molar-refractivity contribution in [3.63, 3.8) is 0 Å². The van der Waals surface area contributed by atoms with Gasteiger partial charge in [0.1, 0.15) is 5.75 Å². The van der Waals surface area contributed by atoms with Crippen molar-refractivity contribution in [2.75, 3.05) is 0 Å². The van der Waals surface area contributed by atoms with Crippen LogP contribution in [0.15, 0.2) is 130 Å². The SMILES string of the molecule is O=C(Oc1ccccc1)c1cccc([S+](c2ccccc2)c2ccccc2)c1. The van der Waals surface area contributed by atoms with Crippen LogP contribution in [0.25, 0.3) is 0 Å². The fraction of sp³-hybridized carbons (Fsp3) is 0. The van der Waals surface area contributed by atoms with E-state index in [1.807, 2.05) is 66.7 Å². The summed E-state index contributed by atoms with van der Waals surface area (Å²) in [5.41, 5.74) is 0.547. The molecular formula is C25H19O2S+. The summed E-state index contributed by atoms with van der Waals surface area (Å²) in [5.74, 6) is 0.195. The normalized spacial score (nSPS) is 10.6. The van der Waals surface area contributed by atoms with Crippen LogP contribution in [-0.4, -0.2) is 5.97 Å². The van der Waals surface area contributed by atoms with Crippen LogP contribution in [0.1, 0.15) is 10.4 Å². The molecular weight excluding hydrogens is 364 g/mol. The molecule has 0 unspecified atom stereocenters. The number of carbonyl (C=O) groups is 1. The molecule has 0 radical (unpaired) electrons. The van der Waals surface area contributed by atoms with Crippen molar-refractivity contribution in [2.24, 2.45) is 0 Å². The summed E-state index contributed by atoms with van der Waals surface area (Å²) in [5, 5.41) is 0. The predicted octanol–water partition coefficient (Wildman–Crippen LogP) is 6.00. The summed E-state index contributed by atoms with van der Waals surface area (Å²) >= 11 is 0. The van der Waals surface area contributed by atoms with E-state index in [4.69, 9.17) is 4.74 Å². The Morgan fingerprint density at radius 1 is 0.571 bits per heavy atom. The van der Waals surface area contributed by atoms with E-state index in [-0.39, 0.29) is 16.9 Å². The van der Waals surface area contributed by atoms with Crippen molar-refractivity contribution in [2.45, 2.75) is 14.7 Å². The Balaban J connectivity index is 1.70. The quantitative estimate of drug-likeness (QED) is 0.240. The van der Waals surface area contributed by atoms with Gasteiger partial charge in [0.05, 0.1) is 16.5 Å². The van der Waals surface area contributed by atoms with Crippen LogP contribution in [0, 0.1) is 0 Å². The van der Waals surface area contributed by atoms with E-state index in [1.54, 1.807) is 18.2 Å². The third-order valence-electron chi connectivity index (χ3n) is 4.22. The number of hydrogen-bond acceptors (Lipinski definition) is 2. The number of rotatable bonds is 5. The number of ether oxygens (including phenoxy) is 1. The molecule has 3 heteroatoms. The zero-order valence-electron chi connectivity index (χ0n) is 15.2. The first-order valence-corrected chi connectivity index (χ1v) is 10.3. The van der Waals surface area contributed by atoms with E-state index >= 15 is 0 Å². The zero-order chi connectivity index (χ0) is 19.2. The van der Waals surface area contributed by atoms with E-state index in [9.17, 15) is 4.79 Å². The van der Waals surface area contributed by atoms with Crippen LogP contribution in [0.2, 0.25) is 0 Å². The molecule has 0 spiro atoms. The van der Waals surface area contributed by atoms with Crippen molar-refractivity contribution in [3.8, 4) is 5.75 Å². The molecule has 0 heterocycles. The molecule has 4 aromatic rings. The van der Waals surface area contributed by atoms with Gasteiger partial charge < -0.3 is 4.74 Å². The highest BCUT2D eigenvalue weighted by molar-refractivity contribution is 7.97. The molecule has 2 nitrogen and oxygen atoms in total. The first-order valence-electron chi connectivity index (χ1n) is 9.03. The lowest BCUT2D eigenvalue weighted by atomic mass is 10.2. The van der Waals surface area contributed by atoms with Crippen LogP contribution in [0.3, 0.4) is 0 Å². The first-order chi connectivity index (χ1) is 13.8. The summed E-state index contributed by atoms with van der Waals surface area (Å²) in [6, 6.07) is 37.6. The smallest absolute Gasteiger partial charge is 0.343 e. The molecule has 0 N–H and O–H groups in total. The van der Waals surface area contributed by atoms with Gasteiger partial charge in [-0.2, -0.15) is 0 Å². The lowest BCUT2D eigenvalue weighted by Gasteiger charge is -2.09. The Hall–Kier alpha value is -3.30. The van der Waals surface area contributed by atoms with Crippen molar-refractivity contribution in [1.29, 1.82) is 0 Å². The monoisotopic (exact) mass is 383 g/mol. The number of esters is 1. The second-order valence-electron chi connectivity index (χ2n) is 6.16. The van der Waals surface area contributed by atoms with Crippen LogP contribution in [0.4, 0.5) is 0 Å². The van der Waals surface area contributed by atoms with E-state index in [2.05, 4.69) is 30.3 Å². The summed E-state index contributed by atoms with van der Waals surface area (Å²) in [4.78, 5) is 16.1. The minimum absolute atomic E-state index is 0.296. The van der Waals surface area contributed by atoms with Gasteiger partial charge in [0.25, 0.3) is 0 Å². The summed E-state index contributed by atoms with van der Waals surface area (Å²) in [6.45, 7) is 0. The number of benzene rings is 4. The average Bonchev–Trinajstić information content (AvgIpc) is 2.76. The molecule has 0 aliphatic carbocycles. The van der Waals surface area contributed by atoms with Crippen molar-refractivity contribution < 1.29 is 9.53 Å². The summed E-state index contributed by atoms with van der Waals surface area (Å²) in [7, 11) is -0.296. The van der Waals surface area contributed by atoms with Gasteiger partial charge in [-0.25, -0.2) is 4.79 Å². The average molecular weight is 383 g/mol. The van der Waals surface area contributed by atoms with Gasteiger partial charge in [-0.1, -0.05) is 60.7 Å². The third kappa shape index (κ3) is 4.16. The molecule has 0 aliphatic rings. The second-order valence-corrected chi connectivity index (χ2v) is 8.19. The lowest BCUT2D eigenvalue weighted by molar-refractivity contribution is 0.0734. The summed E-state index contributed by atoms with van der Waals surface area (Å²) in [6.07, 6.45) is 0. The first kappa shape index (κ1) is 18.1. The maximum absolute atomic E-state index is 12.6. The third-order valence-corrected chi connectivity index (χ3v) is 6.43. The molecule has 0 amide bonds. The van der Waals surface area contributed by atoms with Gasteiger partial charge in [-0.05, 0) is 48.5 Å². The van der Waals surface area contributed by atoms with Gasteiger partial charge in [0, 0.05) is 6.07 Å². The predicted molar refractivity (Wildman–Crippen MR) is 113 cm³/mol. The molecule has 4 aromatic carbocycles. The molecule has 4 rings (SSSR count). The van der Waals surface area contributed by atoms with Gasteiger partial charge in [-0.15, -0.1) is 0 Å². The number of para-hydroxylation sites is 1. The van der Waals surface area contributed by atoms with Gasteiger partial charge in [0.15, 0.2) is 14.7 Å². The largest absolute Gasteiger partial charge is 0.423 e. The van der Waals surface area contributed by atoms with Crippen LogP contribution < -0.4 is 4.74 Å². The molecule has 0 aliphatic heterocycles. The maximum atomic E-state index is 12.6. The minimum atomic E-state index is -0.349. The Morgan fingerprint density at radius 2 is 1.07 bits per heavy atom. The molecule has 0 atom stereocenters. The van der Waals surface area contributed by atoms with Crippen molar-refractivity contribution in [1.82, 2.24) is 0 Å². The van der Waals surface area contributed by atoms with E-state index in [1.165, 1.54) is 9.79 Å². The molecule has 28 heavy (non-hydrogen) atoms. The standard InChI is InChI=1S/C25H19O2S/c26-25(27-21-12-4-1-5-13-21)20-11-10-18-24(19-20)28(22-14-6-2-7-15-22)23-16-8-3-9-17-23/h1-19H/q+1. The molecule has 0 bridgehead atoms. The molecule has 0 saturated heterocycles. The summed E-state index contributed by atoms with van der Waals surface area (Å²) < 4.78 is 5.51. The Kier molecular flexibility index (Phi) is 5.55. The highest BCUT2D eigenvalue weighted by atomic mass is 32.2. The Bertz CT molecular complexity index is 1010. The molecule has 0 saturated carbocycles. The van der Waals surface area contributed by atoms with Gasteiger partial charge in [-0.3, -0.25) is 0 Å². The number of hydrogen-bond donors (Lipinski definition) is 0. The molecule has 0 aromatic heterocycles. The van der Waals surface area contributed by atoms with Crippen LogP contribution >= 0.6 is 0 Å². The fourth-order valence-corrected chi connectivity index (χ4v) is 5.06. The number of carbonyl (C=O) groups excluding carboxylic acids is 1. The van der Waals surface area contributed by atoms with E-state index in [0.29, 0.717) is 11.3 Å². The topological polar surface area (TPSA) is 26.3 Å². The van der Waals surface area contributed by atoms with Crippen LogP contribution in [0.5, 0.6) is 5.75 Å². The second kappa shape index (κ2) is 8.59. The lowest BCUT2D eigenvalue weighted by Crippen LogP contribution is -2.10. The van der Waals surface area contributed by atoms with Crippen LogP contribution in [-0.2, 0) is 10.9 Å². The van der Waals surface area contributed by atoms with E-state index in [0.717, 1.165) is 4.90 Å². The van der Waals surface area contributed by atoms with Gasteiger partial charge in [0.2, 0.25) is 0 Å². The molecule has 0 fully saturated rings. The van der Waals surface area contributed by atoms with Crippen molar-refractivity contribution in [3.05, 3.63) is 121 Å². The van der Waals surface area contributed by atoms with Gasteiger partial charge >= 0.3 is 5.97 Å². The highest BCUT2D eigenvalue weighted by Gasteiger charge is 2.29. The van der Waals surface area contributed by atoms with E-state index < -0.39 is 0 Å². The zero-order valence-corrected chi connectivity index (χ0v) is 16.0. The molecule has 136 valence electrons. The Labute approximate surface area is 167 Å².